The van der Waals surface area contributed by atoms with Crippen molar-refractivity contribution in [1.82, 2.24) is 0 Å². The van der Waals surface area contributed by atoms with Gasteiger partial charge in [-0.1, -0.05) is 27.7 Å². The minimum atomic E-state index is 0.714. The summed E-state index contributed by atoms with van der Waals surface area (Å²) in [6.45, 7) is 10.1. The highest BCUT2D eigenvalue weighted by Crippen LogP contribution is 2.74. The predicted molar refractivity (Wildman–Crippen MR) is 64.6 cm³/mol. The summed E-state index contributed by atoms with van der Waals surface area (Å²) in [7, 11) is 0. The highest BCUT2D eigenvalue weighted by molar-refractivity contribution is 5.14. The van der Waals surface area contributed by atoms with Gasteiger partial charge in [0.05, 0.1) is 0 Å². The first-order valence-electron chi connectivity index (χ1n) is 6.98. The summed E-state index contributed by atoms with van der Waals surface area (Å²) in [6, 6.07) is 0. The predicted octanol–water partition coefficient (Wildman–Crippen LogP) is 4.49. The van der Waals surface area contributed by atoms with E-state index in [4.69, 9.17) is 0 Å². The molecule has 3 rings (SSSR count). The summed E-state index contributed by atoms with van der Waals surface area (Å²) in [4.78, 5) is 0. The summed E-state index contributed by atoms with van der Waals surface area (Å²) >= 11 is 0. The first-order chi connectivity index (χ1) is 6.98. The second-order valence-corrected chi connectivity index (χ2v) is 7.44. The van der Waals surface area contributed by atoms with Gasteiger partial charge in [-0.05, 0) is 66.6 Å². The summed E-state index contributed by atoms with van der Waals surface area (Å²) < 4.78 is 0. The van der Waals surface area contributed by atoms with Gasteiger partial charge in [-0.25, -0.2) is 0 Å². The molecular weight excluding hydrogens is 180 g/mol. The zero-order valence-corrected chi connectivity index (χ0v) is 10.8. The Labute approximate surface area is 94.8 Å². The van der Waals surface area contributed by atoms with E-state index in [0.717, 1.165) is 29.1 Å². The van der Waals surface area contributed by atoms with Crippen molar-refractivity contribution in [3.05, 3.63) is 0 Å². The van der Waals surface area contributed by atoms with Gasteiger partial charge in [0.25, 0.3) is 0 Å². The molecule has 0 aromatic heterocycles. The van der Waals surface area contributed by atoms with E-state index in [2.05, 4.69) is 27.7 Å². The van der Waals surface area contributed by atoms with E-state index in [1.165, 1.54) is 19.3 Å². The third-order valence-corrected chi connectivity index (χ3v) is 6.81. The molecule has 3 aliphatic carbocycles. The van der Waals surface area contributed by atoms with Crippen molar-refractivity contribution >= 4 is 0 Å². The Morgan fingerprint density at radius 1 is 1.07 bits per heavy atom. The zero-order chi connectivity index (χ0) is 10.8. The first kappa shape index (κ1) is 10.2. The van der Waals surface area contributed by atoms with Crippen molar-refractivity contribution in [3.8, 4) is 0 Å². The number of hydrogen-bond acceptors (Lipinski definition) is 0. The van der Waals surface area contributed by atoms with E-state index in [1.54, 1.807) is 12.8 Å². The lowest BCUT2D eigenvalue weighted by atomic mass is 9.61. The Bertz CT molecular complexity index is 280. The molecule has 0 heterocycles. The highest BCUT2D eigenvalue weighted by atomic mass is 14.7. The third-order valence-electron chi connectivity index (χ3n) is 6.81. The van der Waals surface area contributed by atoms with Crippen LogP contribution in [0, 0.1) is 34.5 Å². The van der Waals surface area contributed by atoms with E-state index in [9.17, 15) is 0 Å². The summed E-state index contributed by atoms with van der Waals surface area (Å²) in [6.07, 6.45) is 7.66. The fourth-order valence-corrected chi connectivity index (χ4v) is 5.66. The van der Waals surface area contributed by atoms with E-state index in [1.807, 2.05) is 0 Å². The average Bonchev–Trinajstić information content (AvgIpc) is 2.47. The molecule has 0 heteroatoms. The van der Waals surface area contributed by atoms with Crippen LogP contribution in [-0.2, 0) is 0 Å². The maximum absolute atomic E-state index is 2.61. The Morgan fingerprint density at radius 3 is 2.47 bits per heavy atom. The Kier molecular flexibility index (Phi) is 1.91. The van der Waals surface area contributed by atoms with E-state index in [-0.39, 0.29) is 0 Å². The van der Waals surface area contributed by atoms with Crippen LogP contribution < -0.4 is 0 Å². The van der Waals surface area contributed by atoms with Crippen LogP contribution in [0.5, 0.6) is 0 Å². The van der Waals surface area contributed by atoms with Gasteiger partial charge in [-0.15, -0.1) is 0 Å². The number of hydrogen-bond donors (Lipinski definition) is 0. The Hall–Kier alpha value is 0. The monoisotopic (exact) mass is 206 g/mol. The molecule has 0 amide bonds. The normalized spacial score (nSPS) is 57.8. The van der Waals surface area contributed by atoms with Crippen LogP contribution in [0.25, 0.3) is 0 Å². The lowest BCUT2D eigenvalue weighted by Crippen LogP contribution is -2.36. The van der Waals surface area contributed by atoms with Crippen LogP contribution in [0.1, 0.15) is 59.8 Å². The second kappa shape index (κ2) is 2.81. The highest BCUT2D eigenvalue weighted by Gasteiger charge is 2.65. The van der Waals surface area contributed by atoms with Gasteiger partial charge in [-0.3, -0.25) is 0 Å². The van der Waals surface area contributed by atoms with E-state index in [0.29, 0.717) is 5.41 Å². The summed E-state index contributed by atoms with van der Waals surface area (Å²) in [5.41, 5.74) is 1.44. The molecule has 0 aromatic rings. The molecule has 0 nitrogen and oxygen atoms in total. The van der Waals surface area contributed by atoms with Crippen LogP contribution in [0.3, 0.4) is 0 Å². The molecule has 86 valence electrons. The molecule has 0 saturated heterocycles. The fraction of sp³-hybridized carbons (Fsp3) is 1.00. The van der Waals surface area contributed by atoms with Crippen LogP contribution in [-0.4, -0.2) is 0 Å². The van der Waals surface area contributed by atoms with Crippen LogP contribution in [0.15, 0.2) is 0 Å². The average molecular weight is 206 g/mol. The molecule has 4 bridgehead atoms. The second-order valence-electron chi connectivity index (χ2n) is 7.44. The number of rotatable bonds is 1. The van der Waals surface area contributed by atoms with Gasteiger partial charge >= 0.3 is 0 Å². The van der Waals surface area contributed by atoms with E-state index >= 15 is 0 Å². The van der Waals surface area contributed by atoms with Crippen LogP contribution >= 0.6 is 0 Å². The molecule has 5 unspecified atom stereocenters. The largest absolute Gasteiger partial charge is 0.0625 e. The first-order valence-corrected chi connectivity index (χ1v) is 6.98. The molecule has 3 fully saturated rings. The van der Waals surface area contributed by atoms with Crippen molar-refractivity contribution in [2.24, 2.45) is 34.5 Å². The maximum Gasteiger partial charge on any atom is -0.0241 e. The molecule has 0 radical (unpaired) electrons. The quantitative estimate of drug-likeness (QED) is 0.593. The molecule has 3 aliphatic rings. The van der Waals surface area contributed by atoms with Gasteiger partial charge in [0.2, 0.25) is 0 Å². The maximum atomic E-state index is 2.61. The molecule has 15 heavy (non-hydrogen) atoms. The Balaban J connectivity index is 1.96. The van der Waals surface area contributed by atoms with Gasteiger partial charge in [-0.2, -0.15) is 0 Å². The van der Waals surface area contributed by atoms with Crippen molar-refractivity contribution in [3.63, 3.8) is 0 Å². The van der Waals surface area contributed by atoms with Crippen molar-refractivity contribution < 1.29 is 0 Å². The molecule has 0 spiro atoms. The van der Waals surface area contributed by atoms with Crippen LogP contribution in [0.2, 0.25) is 0 Å². The third kappa shape index (κ3) is 1.04. The molecular formula is C15H26. The Morgan fingerprint density at radius 2 is 1.80 bits per heavy atom. The zero-order valence-electron chi connectivity index (χ0n) is 10.8. The van der Waals surface area contributed by atoms with Gasteiger partial charge in [0, 0.05) is 0 Å². The summed E-state index contributed by atoms with van der Waals surface area (Å²) in [5.74, 6) is 4.14. The smallest absolute Gasteiger partial charge is 0.0241 e. The SMILES string of the molecule is CC(C)C1CCC2(C)C3CCC2(C)CC13. The van der Waals surface area contributed by atoms with E-state index < -0.39 is 0 Å². The fourth-order valence-electron chi connectivity index (χ4n) is 5.66. The van der Waals surface area contributed by atoms with Gasteiger partial charge < -0.3 is 0 Å². The van der Waals surface area contributed by atoms with Crippen molar-refractivity contribution in [2.75, 3.05) is 0 Å². The lowest BCUT2D eigenvalue weighted by molar-refractivity contribution is 0.0542. The lowest BCUT2D eigenvalue weighted by Gasteiger charge is -2.43. The molecule has 0 aromatic carbocycles. The van der Waals surface area contributed by atoms with Crippen LogP contribution in [0.4, 0.5) is 0 Å². The van der Waals surface area contributed by atoms with Gasteiger partial charge in [0.15, 0.2) is 0 Å². The minimum absolute atomic E-state index is 0.714. The van der Waals surface area contributed by atoms with Gasteiger partial charge in [0.1, 0.15) is 0 Å². The molecule has 0 aliphatic heterocycles. The minimum Gasteiger partial charge on any atom is -0.0625 e. The standard InChI is InChI=1S/C15H26/c1-10(2)11-5-8-15(4)13-6-7-14(15,3)9-12(11)13/h10-13H,5-9H2,1-4H3. The topological polar surface area (TPSA) is 0 Å². The van der Waals surface area contributed by atoms with Crippen molar-refractivity contribution in [2.45, 2.75) is 59.8 Å². The van der Waals surface area contributed by atoms with Crippen molar-refractivity contribution in [1.29, 1.82) is 0 Å². The molecule has 0 N–H and O–H groups in total. The molecule has 5 atom stereocenters. The molecule has 3 saturated carbocycles. The summed E-state index contributed by atoms with van der Waals surface area (Å²) in [5, 5.41) is 0.